The van der Waals surface area contributed by atoms with E-state index < -0.39 is 5.82 Å². The Balaban J connectivity index is 1.67. The van der Waals surface area contributed by atoms with Crippen LogP contribution in [0.5, 0.6) is 5.75 Å². The van der Waals surface area contributed by atoms with Crippen molar-refractivity contribution in [2.24, 2.45) is 0 Å². The topological polar surface area (TPSA) is 69.0 Å². The number of amides is 1. The van der Waals surface area contributed by atoms with E-state index in [4.69, 9.17) is 4.74 Å². The van der Waals surface area contributed by atoms with Gasteiger partial charge in [0.05, 0.1) is 13.7 Å². The van der Waals surface area contributed by atoms with Crippen LogP contribution in [0.3, 0.4) is 0 Å². The number of carbonyl (C=O) groups is 1. The first-order chi connectivity index (χ1) is 10.7. The number of halogens is 1. The van der Waals surface area contributed by atoms with Crippen LogP contribution in [0.15, 0.2) is 18.2 Å². The summed E-state index contributed by atoms with van der Waals surface area (Å²) in [6, 6.07) is 4.12. The van der Waals surface area contributed by atoms with Gasteiger partial charge in [-0.15, -0.1) is 10.2 Å². The number of hydrogen-bond donors (Lipinski definition) is 1. The molecule has 1 aromatic heterocycles. The van der Waals surface area contributed by atoms with E-state index in [1.807, 2.05) is 4.57 Å². The van der Waals surface area contributed by atoms with Gasteiger partial charge in [0.2, 0.25) is 0 Å². The second kappa shape index (κ2) is 6.13. The molecule has 0 fully saturated rings. The van der Waals surface area contributed by atoms with Gasteiger partial charge in [-0.05, 0) is 31.0 Å². The van der Waals surface area contributed by atoms with Crippen LogP contribution in [-0.2, 0) is 19.5 Å². The van der Waals surface area contributed by atoms with Gasteiger partial charge in [0.1, 0.15) is 5.82 Å². The van der Waals surface area contributed by atoms with E-state index in [0.717, 1.165) is 43.5 Å². The number of nitrogens with one attached hydrogen (secondary N) is 1. The molecule has 22 heavy (non-hydrogen) atoms. The molecule has 6 nitrogen and oxygen atoms in total. The smallest absolute Gasteiger partial charge is 0.251 e. The second-order valence-electron chi connectivity index (χ2n) is 5.17. The van der Waals surface area contributed by atoms with Crippen LogP contribution in [0, 0.1) is 5.82 Å². The molecule has 2 aromatic rings. The maximum atomic E-state index is 13.6. The molecular formula is C15H17FN4O2. The first-order valence-electron chi connectivity index (χ1n) is 7.21. The second-order valence-corrected chi connectivity index (χ2v) is 5.17. The fourth-order valence-electron chi connectivity index (χ4n) is 2.57. The number of methoxy groups -OCH3 is 1. The number of nitrogens with zero attached hydrogens (tertiary/aromatic N) is 3. The molecule has 0 spiro atoms. The summed E-state index contributed by atoms with van der Waals surface area (Å²) in [7, 11) is 1.38. The van der Waals surface area contributed by atoms with E-state index in [9.17, 15) is 9.18 Å². The third-order valence-corrected chi connectivity index (χ3v) is 3.76. The number of hydrogen-bond acceptors (Lipinski definition) is 4. The molecular weight excluding hydrogens is 287 g/mol. The number of benzene rings is 1. The van der Waals surface area contributed by atoms with Gasteiger partial charge in [0.25, 0.3) is 5.91 Å². The normalized spacial score (nSPS) is 13.5. The molecule has 0 atom stereocenters. The molecule has 0 saturated heterocycles. The van der Waals surface area contributed by atoms with Crippen LogP contribution in [0.1, 0.15) is 34.8 Å². The predicted octanol–water partition coefficient (Wildman–Crippen LogP) is 1.69. The molecule has 0 aliphatic carbocycles. The molecule has 2 heterocycles. The van der Waals surface area contributed by atoms with Gasteiger partial charge in [-0.1, -0.05) is 0 Å². The molecule has 1 amide bonds. The lowest BCUT2D eigenvalue weighted by Gasteiger charge is -2.14. The summed E-state index contributed by atoms with van der Waals surface area (Å²) in [6.07, 6.45) is 3.13. The van der Waals surface area contributed by atoms with Crippen LogP contribution in [0.4, 0.5) is 4.39 Å². The summed E-state index contributed by atoms with van der Waals surface area (Å²) in [4.78, 5) is 12.1. The number of carbonyl (C=O) groups excluding carboxylic acids is 1. The van der Waals surface area contributed by atoms with Gasteiger partial charge in [0, 0.05) is 18.5 Å². The van der Waals surface area contributed by atoms with Crippen molar-refractivity contribution in [1.82, 2.24) is 20.1 Å². The minimum Gasteiger partial charge on any atom is -0.494 e. The number of rotatable bonds is 4. The van der Waals surface area contributed by atoms with E-state index in [1.54, 1.807) is 0 Å². The van der Waals surface area contributed by atoms with Crippen LogP contribution in [0.25, 0.3) is 0 Å². The van der Waals surface area contributed by atoms with Gasteiger partial charge < -0.3 is 14.6 Å². The van der Waals surface area contributed by atoms with E-state index in [2.05, 4.69) is 15.5 Å². The first kappa shape index (κ1) is 14.5. The average molecular weight is 304 g/mol. The van der Waals surface area contributed by atoms with Crippen LogP contribution in [-0.4, -0.2) is 27.8 Å². The summed E-state index contributed by atoms with van der Waals surface area (Å²) >= 11 is 0. The first-order valence-corrected chi connectivity index (χ1v) is 7.21. The van der Waals surface area contributed by atoms with Gasteiger partial charge in [-0.3, -0.25) is 4.79 Å². The number of aryl methyl sites for hydroxylation is 1. The van der Waals surface area contributed by atoms with E-state index >= 15 is 0 Å². The van der Waals surface area contributed by atoms with Crippen LogP contribution >= 0.6 is 0 Å². The highest BCUT2D eigenvalue weighted by Crippen LogP contribution is 2.18. The number of aromatic nitrogens is 3. The van der Waals surface area contributed by atoms with Crippen molar-refractivity contribution >= 4 is 5.91 Å². The minimum atomic E-state index is -0.560. The third kappa shape index (κ3) is 2.79. The molecule has 0 radical (unpaired) electrons. The molecule has 0 saturated carbocycles. The van der Waals surface area contributed by atoms with Crippen molar-refractivity contribution in [1.29, 1.82) is 0 Å². The fraction of sp³-hybridized carbons (Fsp3) is 0.400. The molecule has 3 rings (SSSR count). The zero-order valence-electron chi connectivity index (χ0n) is 12.3. The van der Waals surface area contributed by atoms with E-state index in [1.165, 1.54) is 19.2 Å². The highest BCUT2D eigenvalue weighted by molar-refractivity contribution is 5.94. The van der Waals surface area contributed by atoms with Gasteiger partial charge in [-0.25, -0.2) is 4.39 Å². The highest BCUT2D eigenvalue weighted by Gasteiger charge is 2.16. The minimum absolute atomic E-state index is 0.114. The SMILES string of the molecule is COc1ccc(C(=O)NCc2nnc3n2CCCC3)cc1F. The zero-order valence-corrected chi connectivity index (χ0v) is 12.3. The Morgan fingerprint density at radius 2 is 2.27 bits per heavy atom. The van der Waals surface area contributed by atoms with E-state index in [0.29, 0.717) is 0 Å². The monoisotopic (exact) mass is 304 g/mol. The largest absolute Gasteiger partial charge is 0.494 e. The molecule has 1 aromatic carbocycles. The van der Waals surface area contributed by atoms with Crippen molar-refractivity contribution < 1.29 is 13.9 Å². The zero-order chi connectivity index (χ0) is 15.5. The molecule has 1 aliphatic rings. The van der Waals surface area contributed by atoms with Gasteiger partial charge in [0.15, 0.2) is 17.4 Å². The lowest BCUT2D eigenvalue weighted by Crippen LogP contribution is -2.25. The Labute approximate surface area is 127 Å². The fourth-order valence-corrected chi connectivity index (χ4v) is 2.57. The maximum absolute atomic E-state index is 13.6. The average Bonchev–Trinajstić information content (AvgIpc) is 2.95. The van der Waals surface area contributed by atoms with Crippen molar-refractivity contribution in [3.05, 3.63) is 41.2 Å². The van der Waals surface area contributed by atoms with Crippen molar-refractivity contribution in [3.8, 4) is 5.75 Å². The number of fused-ring (bicyclic) bond motifs is 1. The lowest BCUT2D eigenvalue weighted by molar-refractivity contribution is 0.0949. The summed E-state index contributed by atoms with van der Waals surface area (Å²) in [5, 5.41) is 11.0. The summed E-state index contributed by atoms with van der Waals surface area (Å²) in [5.74, 6) is 0.899. The predicted molar refractivity (Wildman–Crippen MR) is 77.1 cm³/mol. The standard InChI is InChI=1S/C15H17FN4O2/c1-22-12-6-5-10(8-11(12)16)15(21)17-9-14-19-18-13-4-2-3-7-20(13)14/h5-6,8H,2-4,7,9H2,1H3,(H,17,21). The van der Waals surface area contributed by atoms with Gasteiger partial charge >= 0.3 is 0 Å². The third-order valence-electron chi connectivity index (χ3n) is 3.76. The Morgan fingerprint density at radius 3 is 3.05 bits per heavy atom. The van der Waals surface area contributed by atoms with E-state index in [-0.39, 0.29) is 23.8 Å². The molecule has 7 heteroatoms. The summed E-state index contributed by atoms with van der Waals surface area (Å²) < 4.78 is 20.5. The van der Waals surface area contributed by atoms with Crippen molar-refractivity contribution in [3.63, 3.8) is 0 Å². The molecule has 116 valence electrons. The Morgan fingerprint density at radius 1 is 1.41 bits per heavy atom. The maximum Gasteiger partial charge on any atom is 0.251 e. The molecule has 0 bridgehead atoms. The summed E-state index contributed by atoms with van der Waals surface area (Å²) in [5.41, 5.74) is 0.247. The summed E-state index contributed by atoms with van der Waals surface area (Å²) in [6.45, 7) is 1.16. The van der Waals surface area contributed by atoms with Crippen LogP contribution in [0.2, 0.25) is 0 Å². The number of ether oxygens (including phenoxy) is 1. The lowest BCUT2D eigenvalue weighted by atomic mass is 10.1. The Bertz CT molecular complexity index is 699. The van der Waals surface area contributed by atoms with Gasteiger partial charge in [-0.2, -0.15) is 0 Å². The van der Waals surface area contributed by atoms with Crippen molar-refractivity contribution in [2.45, 2.75) is 32.4 Å². The Kier molecular flexibility index (Phi) is 4.04. The van der Waals surface area contributed by atoms with Crippen molar-refractivity contribution in [2.75, 3.05) is 7.11 Å². The Hall–Kier alpha value is -2.44. The quantitative estimate of drug-likeness (QED) is 0.933. The van der Waals surface area contributed by atoms with Crippen LogP contribution < -0.4 is 10.1 Å². The molecule has 1 N–H and O–H groups in total. The highest BCUT2D eigenvalue weighted by atomic mass is 19.1. The molecule has 0 unspecified atom stereocenters. The molecule has 1 aliphatic heterocycles.